The summed E-state index contributed by atoms with van der Waals surface area (Å²) in [4.78, 5) is 0. The molecule has 0 radical (unpaired) electrons. The second kappa shape index (κ2) is 24.7. The molecule has 3 heterocycles. The van der Waals surface area contributed by atoms with E-state index in [9.17, 15) is 0 Å². The van der Waals surface area contributed by atoms with E-state index in [0.717, 1.165) is 35.1 Å². The van der Waals surface area contributed by atoms with Crippen molar-refractivity contribution in [3.63, 3.8) is 0 Å². The van der Waals surface area contributed by atoms with Gasteiger partial charge in [-0.2, -0.15) is 0 Å². The summed E-state index contributed by atoms with van der Waals surface area (Å²) in [6.45, 7) is 9.65. The Balaban J connectivity index is 0.000000192. The van der Waals surface area contributed by atoms with Crippen LogP contribution in [-0.4, -0.2) is 0 Å². The molecule has 0 spiro atoms. The monoisotopic (exact) mass is 992 g/mol. The quantitative estimate of drug-likeness (QED) is 0.114. The first-order valence-electron chi connectivity index (χ1n) is 33.0. The van der Waals surface area contributed by atoms with Crippen molar-refractivity contribution in [1.82, 2.24) is 0 Å². The maximum atomic E-state index is 8.29. The van der Waals surface area contributed by atoms with Crippen molar-refractivity contribution >= 4 is 0 Å². The Hall–Kier alpha value is -7.23. The third kappa shape index (κ3) is 12.2. The van der Waals surface area contributed by atoms with E-state index in [1.165, 1.54) is 71.6 Å². The van der Waals surface area contributed by atoms with Crippen molar-refractivity contribution in [2.45, 2.75) is 115 Å². The van der Waals surface area contributed by atoms with Gasteiger partial charge in [0.25, 0.3) is 0 Å². The van der Waals surface area contributed by atoms with Gasteiger partial charge in [-0.3, -0.25) is 0 Å². The van der Waals surface area contributed by atoms with E-state index in [1.807, 2.05) is 73.7 Å². The van der Waals surface area contributed by atoms with Crippen LogP contribution in [0.5, 0.6) is 0 Å². The SMILES string of the molecule is CCc1cc(-c2cc(-c3ccccc3)c(C)cc2C)[n+](C)cc1CC.[2H]C([2H])([2H])c1cc(C)c(-c2cc(C([2H])([2H])C)c(C([2H])([2H])C)c[n+]2C)cc1-c1ccccc1.[2H]C([2H])([2H])c1cc(C)c(-c2cc(C([2H])([2H])C)c(C([2H])([2H])[2H])c[n+]2C)cc1-c1ccccc1. The first-order chi connectivity index (χ1) is 41.3. The Morgan fingerprint density at radius 3 is 1.03 bits per heavy atom. The molecule has 0 unspecified atom stereocenters. The van der Waals surface area contributed by atoms with E-state index in [1.54, 1.807) is 66.7 Å². The van der Waals surface area contributed by atoms with Crippen molar-refractivity contribution in [2.24, 2.45) is 21.1 Å². The summed E-state index contributed by atoms with van der Waals surface area (Å²) in [5.41, 5.74) is 18.8. The molecule has 0 bridgehead atoms. The van der Waals surface area contributed by atoms with Crippen molar-refractivity contribution in [3.05, 3.63) is 231 Å². The maximum absolute atomic E-state index is 8.29. The van der Waals surface area contributed by atoms with Gasteiger partial charge in [0.2, 0.25) is 17.1 Å². The number of hydrogen-bond acceptors (Lipinski definition) is 0. The molecule has 0 atom stereocenters. The van der Waals surface area contributed by atoms with Gasteiger partial charge in [-0.05, 0) is 182 Å². The van der Waals surface area contributed by atoms with Gasteiger partial charge >= 0.3 is 0 Å². The van der Waals surface area contributed by atoms with Gasteiger partial charge in [-0.15, -0.1) is 0 Å². The van der Waals surface area contributed by atoms with Gasteiger partial charge in [-0.1, -0.05) is 144 Å². The molecule has 9 aromatic rings. The Labute approximate surface area is 467 Å². The van der Waals surface area contributed by atoms with Gasteiger partial charge in [0.15, 0.2) is 18.6 Å². The van der Waals surface area contributed by atoms with Gasteiger partial charge in [0.05, 0.1) is 0 Å². The van der Waals surface area contributed by atoms with E-state index < -0.39 is 39.7 Å². The van der Waals surface area contributed by atoms with Crippen LogP contribution in [-0.2, 0) is 53.1 Å². The number of rotatable bonds is 11. The number of benzene rings is 6. The van der Waals surface area contributed by atoms with Gasteiger partial charge < -0.3 is 0 Å². The summed E-state index contributed by atoms with van der Waals surface area (Å²) in [6, 6.07) is 46.5. The molecule has 3 nitrogen and oxygen atoms in total. The second-order valence-corrected chi connectivity index (χ2v) is 19.0. The molecule has 0 saturated carbocycles. The fourth-order valence-corrected chi connectivity index (χ4v) is 9.85. The maximum Gasteiger partial charge on any atom is 0.212 e. The van der Waals surface area contributed by atoms with E-state index in [2.05, 4.69) is 94.0 Å². The van der Waals surface area contributed by atoms with Gasteiger partial charge in [0.1, 0.15) is 21.1 Å². The van der Waals surface area contributed by atoms with Crippen LogP contribution in [0, 0.1) is 48.3 Å². The predicted octanol–water partition coefficient (Wildman–Crippen LogP) is 16.5. The minimum absolute atomic E-state index is 0.0451. The highest BCUT2D eigenvalue weighted by Gasteiger charge is 2.21. The molecule has 3 heteroatoms. The first kappa shape index (κ1) is 37.5. The fraction of sp³-hybridized carbons (Fsp3) is 0.282. The van der Waals surface area contributed by atoms with Crippen molar-refractivity contribution in [3.8, 4) is 67.2 Å². The van der Waals surface area contributed by atoms with Crippen LogP contribution in [0.4, 0.5) is 0 Å². The second-order valence-electron chi connectivity index (χ2n) is 19.0. The van der Waals surface area contributed by atoms with Crippen LogP contribution in [0.1, 0.15) is 122 Å². The summed E-state index contributed by atoms with van der Waals surface area (Å²) >= 11 is 0. The van der Waals surface area contributed by atoms with Gasteiger partial charge in [-0.25, -0.2) is 13.7 Å². The highest BCUT2D eigenvalue weighted by Crippen LogP contribution is 2.35. The molecule has 6 aromatic carbocycles. The number of pyridine rings is 3. The van der Waals surface area contributed by atoms with Crippen LogP contribution in [0.2, 0.25) is 0 Å². The zero-order valence-corrected chi connectivity index (χ0v) is 45.3. The minimum atomic E-state index is -2.47. The van der Waals surface area contributed by atoms with Crippen LogP contribution in [0.3, 0.4) is 0 Å². The molecule has 0 N–H and O–H groups in total. The summed E-state index contributed by atoms with van der Waals surface area (Å²) < 4.78 is 127. The molecule has 378 valence electrons. The lowest BCUT2D eigenvalue weighted by Gasteiger charge is -2.13. The Kier molecular flexibility index (Phi) is 12.5. The molecule has 9 rings (SSSR count). The molecular formula is C71H82N3+3. The summed E-state index contributed by atoms with van der Waals surface area (Å²) in [6.07, 6.45) is 2.19. The minimum Gasteiger partial charge on any atom is -0.201 e. The molecule has 0 amide bonds. The van der Waals surface area contributed by atoms with Crippen LogP contribution in [0.15, 0.2) is 164 Å². The molecule has 0 aliphatic rings. The Morgan fingerprint density at radius 1 is 0.324 bits per heavy atom. The number of aryl methyl sites for hydroxylation is 15. The van der Waals surface area contributed by atoms with E-state index >= 15 is 0 Å². The van der Waals surface area contributed by atoms with Gasteiger partial charge in [0, 0.05) is 72.1 Å². The standard InChI is InChI=1S/2C24H28N.C23H26N/c2*1-6-19-14-24(25(5)16-20(19)7-2)23-15-22(17(3)13-18(23)4)21-11-9-8-10-12-21;1-6-19-13-23(24(5)15-18(19)4)22-14-21(16(2)12-17(22)3)20-10-8-7-9-11-20/h2*8-16H,6-7H2,1-5H3;7-15H,6H2,1-5H3/q3*+1/i3D3,6D2,7D2;;2D3,4D3,6D2. The fourth-order valence-electron chi connectivity index (χ4n) is 9.85. The highest BCUT2D eigenvalue weighted by atomic mass is 14.9. The number of hydrogen-bond donors (Lipinski definition) is 0. The summed E-state index contributed by atoms with van der Waals surface area (Å²) in [5, 5.41) is 0. The van der Waals surface area contributed by atoms with E-state index in [4.69, 9.17) is 20.6 Å². The van der Waals surface area contributed by atoms with Crippen LogP contribution < -0.4 is 13.7 Å². The normalized spacial score (nSPS) is 15.0. The predicted molar refractivity (Wildman–Crippen MR) is 316 cm³/mol. The third-order valence-electron chi connectivity index (χ3n) is 14.0. The molecule has 0 aliphatic carbocycles. The lowest BCUT2D eigenvalue weighted by molar-refractivity contribution is -0.661. The first-order valence-corrected chi connectivity index (χ1v) is 25.5. The molecule has 74 heavy (non-hydrogen) atoms. The molecule has 0 saturated heterocycles. The zero-order valence-electron chi connectivity index (χ0n) is 60.3. The van der Waals surface area contributed by atoms with Crippen LogP contribution in [0.25, 0.3) is 67.2 Å². The average molecular weight is 993 g/mol. The summed E-state index contributed by atoms with van der Waals surface area (Å²) in [7, 11) is 5.66. The van der Waals surface area contributed by atoms with Crippen molar-refractivity contribution < 1.29 is 34.3 Å². The summed E-state index contributed by atoms with van der Waals surface area (Å²) in [5.74, 6) is 0. The third-order valence-corrected chi connectivity index (χ3v) is 14.0. The number of aromatic nitrogens is 3. The zero-order chi connectivity index (χ0) is 66.1. The van der Waals surface area contributed by atoms with Crippen molar-refractivity contribution in [2.75, 3.05) is 0 Å². The highest BCUT2D eigenvalue weighted by molar-refractivity contribution is 5.78. The van der Waals surface area contributed by atoms with E-state index in [-0.39, 0.29) is 33.4 Å². The lowest BCUT2D eigenvalue weighted by atomic mass is 9.92. The molecule has 3 aromatic heterocycles. The smallest absolute Gasteiger partial charge is 0.201 e. The van der Waals surface area contributed by atoms with Crippen LogP contribution >= 0.6 is 0 Å². The Bertz CT molecular complexity index is 3820. The molecule has 0 fully saturated rings. The van der Waals surface area contributed by atoms with E-state index in [0.29, 0.717) is 33.6 Å². The lowest BCUT2D eigenvalue weighted by Crippen LogP contribution is -2.32. The van der Waals surface area contributed by atoms with Crippen molar-refractivity contribution in [1.29, 1.82) is 0 Å². The molecule has 0 aliphatic heterocycles. The number of nitrogens with zero attached hydrogens (tertiary/aromatic N) is 3. The topological polar surface area (TPSA) is 11.6 Å². The Morgan fingerprint density at radius 2 is 0.649 bits per heavy atom. The average Bonchev–Trinajstić information content (AvgIpc) is 0.878. The molecular weight excluding hydrogens is 895 g/mol. The largest absolute Gasteiger partial charge is 0.212 e.